The molecule has 8 heteroatoms. The van der Waals surface area contributed by atoms with E-state index in [1.165, 1.54) is 4.90 Å². The number of carbonyl (C=O) groups is 1. The molecule has 1 atom stereocenters. The van der Waals surface area contributed by atoms with E-state index in [1.807, 2.05) is 6.92 Å². The molecular weight excluding hydrogens is 312 g/mol. The topological polar surface area (TPSA) is 54.5 Å². The van der Waals surface area contributed by atoms with Crippen LogP contribution in [0.3, 0.4) is 0 Å². The first-order valence-electron chi connectivity index (χ1n) is 5.93. The molecule has 0 aliphatic carbocycles. The molecule has 1 aromatic carbocycles. The van der Waals surface area contributed by atoms with Gasteiger partial charge in [-0.05, 0) is 18.4 Å². The van der Waals surface area contributed by atoms with E-state index in [0.717, 1.165) is 6.42 Å². The van der Waals surface area contributed by atoms with Crippen molar-refractivity contribution in [3.63, 3.8) is 0 Å². The lowest BCUT2D eigenvalue weighted by Crippen LogP contribution is -2.29. The highest BCUT2D eigenvalue weighted by atomic mass is 35.7. The average molecular weight is 324 g/mol. The molecule has 1 fully saturated rings. The van der Waals surface area contributed by atoms with Crippen LogP contribution in [0.5, 0.6) is 0 Å². The molecule has 4 nitrogen and oxygen atoms in total. The second kappa shape index (κ2) is 5.29. The first kappa shape index (κ1) is 15.2. The standard InChI is InChI=1S/C12H12ClF2NO3S/c1-7-2-3-16(6-7)12(17)8-4-11(20(13,18)19)10(15)5-9(8)14/h4-5,7H,2-3,6H2,1H3. The van der Waals surface area contributed by atoms with Gasteiger partial charge in [-0.1, -0.05) is 6.92 Å². The summed E-state index contributed by atoms with van der Waals surface area (Å²) in [6.45, 7) is 2.86. The lowest BCUT2D eigenvalue weighted by Gasteiger charge is -2.16. The van der Waals surface area contributed by atoms with E-state index in [-0.39, 0.29) is 0 Å². The van der Waals surface area contributed by atoms with Crippen molar-refractivity contribution in [2.45, 2.75) is 18.2 Å². The Morgan fingerprint density at radius 3 is 2.50 bits per heavy atom. The number of benzene rings is 1. The van der Waals surface area contributed by atoms with Crippen LogP contribution in [0.4, 0.5) is 8.78 Å². The number of hydrogen-bond acceptors (Lipinski definition) is 3. The van der Waals surface area contributed by atoms with Gasteiger partial charge in [0.1, 0.15) is 16.5 Å². The van der Waals surface area contributed by atoms with Gasteiger partial charge < -0.3 is 4.90 Å². The van der Waals surface area contributed by atoms with Gasteiger partial charge >= 0.3 is 0 Å². The summed E-state index contributed by atoms with van der Waals surface area (Å²) < 4.78 is 49.5. The van der Waals surface area contributed by atoms with E-state index in [2.05, 4.69) is 0 Å². The Bertz CT molecular complexity index is 663. The Balaban J connectivity index is 2.44. The molecule has 0 radical (unpaired) electrons. The third-order valence-corrected chi connectivity index (χ3v) is 4.56. The van der Waals surface area contributed by atoms with Crippen molar-refractivity contribution in [3.05, 3.63) is 29.3 Å². The van der Waals surface area contributed by atoms with Gasteiger partial charge in [0.25, 0.3) is 15.0 Å². The zero-order valence-electron chi connectivity index (χ0n) is 10.6. The van der Waals surface area contributed by atoms with E-state index in [9.17, 15) is 22.0 Å². The number of nitrogens with zero attached hydrogens (tertiary/aromatic N) is 1. The van der Waals surface area contributed by atoms with Crippen molar-refractivity contribution in [2.24, 2.45) is 5.92 Å². The Hall–Kier alpha value is -1.21. The maximum absolute atomic E-state index is 13.7. The molecule has 0 bridgehead atoms. The molecule has 0 N–H and O–H groups in total. The van der Waals surface area contributed by atoms with Gasteiger partial charge in [0, 0.05) is 29.8 Å². The molecule has 1 saturated heterocycles. The summed E-state index contributed by atoms with van der Waals surface area (Å²) in [5, 5.41) is 0. The van der Waals surface area contributed by atoms with Crippen LogP contribution in [0.15, 0.2) is 17.0 Å². The van der Waals surface area contributed by atoms with Gasteiger partial charge in [-0.25, -0.2) is 17.2 Å². The second-order valence-corrected chi connectivity index (χ2v) is 7.38. The van der Waals surface area contributed by atoms with Gasteiger partial charge in [-0.3, -0.25) is 4.79 Å². The molecule has 1 heterocycles. The highest BCUT2D eigenvalue weighted by Gasteiger charge is 2.28. The summed E-state index contributed by atoms with van der Waals surface area (Å²) in [6, 6.07) is 1.01. The summed E-state index contributed by atoms with van der Waals surface area (Å²) >= 11 is 0. The minimum Gasteiger partial charge on any atom is -0.338 e. The van der Waals surface area contributed by atoms with Crippen LogP contribution < -0.4 is 0 Å². The molecular formula is C12H12ClF2NO3S. The Kier molecular flexibility index (Phi) is 4.02. The zero-order valence-corrected chi connectivity index (χ0v) is 12.1. The predicted octanol–water partition coefficient (Wildman–Crippen LogP) is 2.37. The maximum atomic E-state index is 13.7. The van der Waals surface area contributed by atoms with E-state index >= 15 is 0 Å². The lowest BCUT2D eigenvalue weighted by atomic mass is 10.1. The Morgan fingerprint density at radius 1 is 1.35 bits per heavy atom. The Labute approximate surface area is 119 Å². The molecule has 110 valence electrons. The number of amides is 1. The fourth-order valence-electron chi connectivity index (χ4n) is 2.17. The molecule has 20 heavy (non-hydrogen) atoms. The van der Waals surface area contributed by atoms with Gasteiger partial charge in [0.15, 0.2) is 0 Å². The van der Waals surface area contributed by atoms with E-state index in [4.69, 9.17) is 10.7 Å². The molecule has 1 aliphatic heterocycles. The van der Waals surface area contributed by atoms with Crippen molar-refractivity contribution >= 4 is 25.6 Å². The number of rotatable bonds is 2. The molecule has 2 rings (SSSR count). The lowest BCUT2D eigenvalue weighted by molar-refractivity contribution is 0.0783. The average Bonchev–Trinajstić information content (AvgIpc) is 2.73. The van der Waals surface area contributed by atoms with Crippen LogP contribution in [-0.4, -0.2) is 32.3 Å². The van der Waals surface area contributed by atoms with Gasteiger partial charge in [-0.15, -0.1) is 0 Å². The molecule has 0 aromatic heterocycles. The maximum Gasteiger partial charge on any atom is 0.264 e. The van der Waals surface area contributed by atoms with E-state index in [1.54, 1.807) is 0 Å². The summed E-state index contributed by atoms with van der Waals surface area (Å²) in [5.41, 5.74) is -0.486. The summed E-state index contributed by atoms with van der Waals surface area (Å²) in [4.78, 5) is 12.6. The van der Waals surface area contributed by atoms with Crippen LogP contribution in [0.2, 0.25) is 0 Å². The summed E-state index contributed by atoms with van der Waals surface area (Å²) in [7, 11) is 0.680. The first-order valence-corrected chi connectivity index (χ1v) is 8.24. The minimum absolute atomic E-state index is 0.290. The van der Waals surface area contributed by atoms with Crippen LogP contribution >= 0.6 is 10.7 Å². The number of hydrogen-bond donors (Lipinski definition) is 0. The monoisotopic (exact) mass is 323 g/mol. The van der Waals surface area contributed by atoms with Gasteiger partial charge in [0.05, 0.1) is 5.56 Å². The quantitative estimate of drug-likeness (QED) is 0.785. The molecule has 1 amide bonds. The van der Waals surface area contributed by atoms with Crippen LogP contribution in [0.25, 0.3) is 0 Å². The number of likely N-dealkylation sites (tertiary alicyclic amines) is 1. The highest BCUT2D eigenvalue weighted by molar-refractivity contribution is 8.13. The molecule has 1 aliphatic rings. The largest absolute Gasteiger partial charge is 0.338 e. The molecule has 0 saturated carbocycles. The van der Waals surface area contributed by atoms with Crippen molar-refractivity contribution < 1.29 is 22.0 Å². The number of halogens is 3. The summed E-state index contributed by atoms with van der Waals surface area (Å²) in [6.07, 6.45) is 0.787. The zero-order chi connectivity index (χ0) is 15.1. The van der Waals surface area contributed by atoms with Crippen molar-refractivity contribution in [3.8, 4) is 0 Å². The van der Waals surface area contributed by atoms with Gasteiger partial charge in [0.2, 0.25) is 0 Å². The fourth-order valence-corrected chi connectivity index (χ4v) is 3.07. The number of carbonyl (C=O) groups excluding carboxylic acids is 1. The normalized spacial score (nSPS) is 19.4. The fraction of sp³-hybridized carbons (Fsp3) is 0.417. The molecule has 1 unspecified atom stereocenters. The van der Waals surface area contributed by atoms with Crippen molar-refractivity contribution in [2.75, 3.05) is 13.1 Å². The van der Waals surface area contributed by atoms with Crippen molar-refractivity contribution in [1.29, 1.82) is 0 Å². The third kappa shape index (κ3) is 2.93. The Morgan fingerprint density at radius 2 is 2.00 bits per heavy atom. The van der Waals surface area contributed by atoms with Gasteiger partial charge in [-0.2, -0.15) is 0 Å². The first-order chi connectivity index (χ1) is 9.20. The van der Waals surface area contributed by atoms with E-state index < -0.39 is 37.1 Å². The van der Waals surface area contributed by atoms with Crippen LogP contribution in [0.1, 0.15) is 23.7 Å². The SMILES string of the molecule is CC1CCN(C(=O)c2cc(S(=O)(=O)Cl)c(F)cc2F)C1. The second-order valence-electron chi connectivity index (χ2n) is 4.85. The third-order valence-electron chi connectivity index (χ3n) is 3.23. The molecule has 1 aromatic rings. The molecule has 0 spiro atoms. The smallest absolute Gasteiger partial charge is 0.264 e. The van der Waals surface area contributed by atoms with Crippen LogP contribution in [-0.2, 0) is 9.05 Å². The van der Waals surface area contributed by atoms with Crippen LogP contribution in [0, 0.1) is 17.6 Å². The summed E-state index contributed by atoms with van der Waals surface area (Å²) in [5.74, 6) is -2.79. The predicted molar refractivity (Wildman–Crippen MR) is 69.1 cm³/mol. The minimum atomic E-state index is -4.38. The van der Waals surface area contributed by atoms with Crippen molar-refractivity contribution in [1.82, 2.24) is 4.90 Å². The van der Waals surface area contributed by atoms with E-state index in [0.29, 0.717) is 31.1 Å². The highest BCUT2D eigenvalue weighted by Crippen LogP contribution is 2.25.